The molecule has 0 radical (unpaired) electrons. The molecule has 0 amide bonds. The number of hydrogen-bond acceptors (Lipinski definition) is 2. The third-order valence-electron chi connectivity index (χ3n) is 2.76. The lowest BCUT2D eigenvalue weighted by Crippen LogP contribution is -2.28. The molecule has 0 fully saturated rings. The van der Waals surface area contributed by atoms with Gasteiger partial charge in [0, 0.05) is 5.22 Å². The van der Waals surface area contributed by atoms with Gasteiger partial charge in [-0.05, 0) is 37.6 Å². The van der Waals surface area contributed by atoms with Crippen LogP contribution in [0, 0.1) is 0 Å². The molecular weight excluding hydrogens is 243 g/mol. The van der Waals surface area contributed by atoms with Crippen molar-refractivity contribution in [1.29, 1.82) is 0 Å². The first-order chi connectivity index (χ1) is 9.11. The third kappa shape index (κ3) is 2.91. The Bertz CT molecular complexity index is 705. The number of allylic oxidation sites excluding steroid dienone is 7. The second kappa shape index (κ2) is 5.52. The standard InChI is InChI=1S/C15H15FN2O/c1-3-13(16)8-7-11(2)18-15-6-4-5-14(19)9-12(15)10-17-18/h3,5-10,19H,2,4H2,1H3/b8-7-,13-3+. The minimum absolute atomic E-state index is 0.218. The molecule has 0 saturated carbocycles. The van der Waals surface area contributed by atoms with Crippen molar-refractivity contribution < 1.29 is 9.50 Å². The maximum Gasteiger partial charge on any atom is 0.119 e. The average Bonchev–Trinajstić information content (AvgIpc) is 2.69. The second-order valence-corrected chi connectivity index (χ2v) is 4.11. The van der Waals surface area contributed by atoms with Gasteiger partial charge in [-0.2, -0.15) is 5.10 Å². The highest BCUT2D eigenvalue weighted by atomic mass is 19.1. The van der Waals surface area contributed by atoms with Crippen LogP contribution in [-0.4, -0.2) is 14.9 Å². The van der Waals surface area contributed by atoms with Crippen LogP contribution in [0.4, 0.5) is 4.39 Å². The molecule has 0 unspecified atom stereocenters. The van der Waals surface area contributed by atoms with Crippen LogP contribution in [0.1, 0.15) is 13.3 Å². The number of rotatable bonds is 3. The molecule has 0 aromatic carbocycles. The highest BCUT2D eigenvalue weighted by Gasteiger charge is 2.03. The van der Waals surface area contributed by atoms with Gasteiger partial charge in [0.25, 0.3) is 0 Å². The van der Waals surface area contributed by atoms with E-state index in [9.17, 15) is 9.50 Å². The Morgan fingerprint density at radius 2 is 2.26 bits per heavy atom. The minimum Gasteiger partial charge on any atom is -0.508 e. The molecule has 1 aliphatic rings. The van der Waals surface area contributed by atoms with Gasteiger partial charge in [0.2, 0.25) is 0 Å². The monoisotopic (exact) mass is 258 g/mol. The van der Waals surface area contributed by atoms with E-state index in [0.717, 1.165) is 10.6 Å². The van der Waals surface area contributed by atoms with Gasteiger partial charge in [-0.15, -0.1) is 0 Å². The number of nitrogens with zero attached hydrogens (tertiary/aromatic N) is 2. The van der Waals surface area contributed by atoms with Gasteiger partial charge >= 0.3 is 0 Å². The molecule has 0 atom stereocenters. The van der Waals surface area contributed by atoms with E-state index in [1.165, 1.54) is 12.2 Å². The van der Waals surface area contributed by atoms with Crippen molar-refractivity contribution in [3.8, 4) is 0 Å². The van der Waals surface area contributed by atoms with Crippen LogP contribution in [0.15, 0.2) is 48.7 Å². The van der Waals surface area contributed by atoms with E-state index >= 15 is 0 Å². The number of hydrogen-bond donors (Lipinski definition) is 1. The van der Waals surface area contributed by atoms with Crippen molar-refractivity contribution in [2.75, 3.05) is 0 Å². The van der Waals surface area contributed by atoms with E-state index in [1.807, 2.05) is 6.08 Å². The Morgan fingerprint density at radius 1 is 1.47 bits per heavy atom. The highest BCUT2D eigenvalue weighted by Crippen LogP contribution is 2.04. The molecule has 1 aromatic rings. The SMILES string of the molecule is C=C(/C=C\C(F)=C/C)n1ncc2c1=CCC=C(O)C=2. The van der Waals surface area contributed by atoms with Crippen LogP contribution in [0.3, 0.4) is 0 Å². The van der Waals surface area contributed by atoms with Gasteiger partial charge in [0.15, 0.2) is 0 Å². The van der Waals surface area contributed by atoms with Gasteiger partial charge in [0.1, 0.15) is 11.6 Å². The summed E-state index contributed by atoms with van der Waals surface area (Å²) < 4.78 is 14.7. The third-order valence-corrected chi connectivity index (χ3v) is 2.76. The maximum absolute atomic E-state index is 13.0. The first-order valence-electron chi connectivity index (χ1n) is 5.96. The molecule has 2 rings (SSSR count). The Labute approximate surface area is 110 Å². The lowest BCUT2D eigenvalue weighted by atomic mass is 10.3. The predicted octanol–water partition coefficient (Wildman–Crippen LogP) is 2.19. The Balaban J connectivity index is 2.40. The Morgan fingerprint density at radius 3 is 3.00 bits per heavy atom. The summed E-state index contributed by atoms with van der Waals surface area (Å²) in [4.78, 5) is 0. The fraction of sp³-hybridized carbons (Fsp3) is 0.133. The Hall–Kier alpha value is -2.36. The lowest BCUT2D eigenvalue weighted by molar-refractivity contribution is 0.440. The second-order valence-electron chi connectivity index (χ2n) is 4.11. The van der Waals surface area contributed by atoms with Crippen LogP contribution in [0.2, 0.25) is 0 Å². The van der Waals surface area contributed by atoms with Crippen LogP contribution in [0.5, 0.6) is 0 Å². The van der Waals surface area contributed by atoms with Gasteiger partial charge in [-0.1, -0.05) is 18.7 Å². The van der Waals surface area contributed by atoms with Crippen molar-refractivity contribution in [1.82, 2.24) is 9.78 Å². The first-order valence-corrected chi connectivity index (χ1v) is 5.96. The molecule has 98 valence electrons. The number of aliphatic hydroxyl groups is 1. The van der Waals surface area contributed by atoms with Gasteiger partial charge < -0.3 is 5.11 Å². The predicted molar refractivity (Wildman–Crippen MR) is 75.1 cm³/mol. The zero-order chi connectivity index (χ0) is 13.8. The molecule has 0 bridgehead atoms. The maximum atomic E-state index is 13.0. The van der Waals surface area contributed by atoms with Crippen LogP contribution in [0.25, 0.3) is 17.8 Å². The van der Waals surface area contributed by atoms with Crippen molar-refractivity contribution in [3.63, 3.8) is 0 Å². The van der Waals surface area contributed by atoms with E-state index in [-0.39, 0.29) is 11.6 Å². The van der Waals surface area contributed by atoms with E-state index in [0.29, 0.717) is 12.1 Å². The molecule has 1 heterocycles. The zero-order valence-electron chi connectivity index (χ0n) is 10.7. The highest BCUT2D eigenvalue weighted by molar-refractivity contribution is 5.56. The first kappa shape index (κ1) is 13.1. The molecule has 4 heteroatoms. The molecule has 0 spiro atoms. The molecule has 19 heavy (non-hydrogen) atoms. The smallest absolute Gasteiger partial charge is 0.119 e. The molecule has 3 nitrogen and oxygen atoms in total. The van der Waals surface area contributed by atoms with E-state index in [1.54, 1.807) is 36.0 Å². The normalized spacial score (nSPS) is 15.3. The average molecular weight is 258 g/mol. The zero-order valence-corrected chi connectivity index (χ0v) is 10.7. The van der Waals surface area contributed by atoms with Gasteiger partial charge in [0.05, 0.1) is 17.2 Å². The number of aliphatic hydroxyl groups excluding tert-OH is 1. The van der Waals surface area contributed by atoms with Crippen LogP contribution in [-0.2, 0) is 0 Å². The fourth-order valence-corrected chi connectivity index (χ4v) is 1.77. The van der Waals surface area contributed by atoms with Crippen molar-refractivity contribution in [2.45, 2.75) is 13.3 Å². The molecular formula is C15H15FN2O. The quantitative estimate of drug-likeness (QED) is 0.844. The summed E-state index contributed by atoms with van der Waals surface area (Å²) in [6, 6.07) is 0. The molecule has 0 saturated heterocycles. The van der Waals surface area contributed by atoms with Gasteiger partial charge in [-0.25, -0.2) is 9.07 Å². The summed E-state index contributed by atoms with van der Waals surface area (Å²) in [5.41, 5.74) is 0.560. The van der Waals surface area contributed by atoms with Crippen molar-refractivity contribution >= 4 is 17.8 Å². The summed E-state index contributed by atoms with van der Waals surface area (Å²) in [5, 5.41) is 15.4. The largest absolute Gasteiger partial charge is 0.508 e. The topological polar surface area (TPSA) is 38.0 Å². The van der Waals surface area contributed by atoms with Crippen molar-refractivity contribution in [2.24, 2.45) is 0 Å². The van der Waals surface area contributed by atoms with Crippen molar-refractivity contribution in [3.05, 3.63) is 59.2 Å². The van der Waals surface area contributed by atoms with Crippen LogP contribution >= 0.6 is 0 Å². The Kier molecular flexibility index (Phi) is 3.80. The fourth-order valence-electron chi connectivity index (χ4n) is 1.77. The molecule has 1 N–H and O–H groups in total. The molecule has 1 aromatic heterocycles. The molecule has 0 aliphatic heterocycles. The van der Waals surface area contributed by atoms with E-state index in [2.05, 4.69) is 11.7 Å². The number of halogens is 1. The number of aromatic nitrogens is 2. The summed E-state index contributed by atoms with van der Waals surface area (Å²) in [5.74, 6) is -0.107. The van der Waals surface area contributed by atoms with Crippen LogP contribution < -0.4 is 10.6 Å². The number of fused-ring (bicyclic) bond motifs is 1. The lowest BCUT2D eigenvalue weighted by Gasteiger charge is -2.00. The summed E-state index contributed by atoms with van der Waals surface area (Å²) >= 11 is 0. The summed E-state index contributed by atoms with van der Waals surface area (Å²) in [6.45, 7) is 5.49. The summed E-state index contributed by atoms with van der Waals surface area (Å²) in [6.07, 6.45) is 11.8. The van der Waals surface area contributed by atoms with E-state index < -0.39 is 0 Å². The van der Waals surface area contributed by atoms with E-state index in [4.69, 9.17) is 0 Å². The van der Waals surface area contributed by atoms with Gasteiger partial charge in [-0.3, -0.25) is 0 Å². The minimum atomic E-state index is -0.325. The molecule has 1 aliphatic carbocycles. The summed E-state index contributed by atoms with van der Waals surface area (Å²) in [7, 11) is 0.